The first-order valence-corrected chi connectivity index (χ1v) is 6.72. The van der Waals surface area contributed by atoms with Crippen LogP contribution in [0.25, 0.3) is 0 Å². The summed E-state index contributed by atoms with van der Waals surface area (Å²) in [5.74, 6) is 0. The van der Waals surface area contributed by atoms with Gasteiger partial charge in [0, 0.05) is 30.2 Å². The predicted octanol–water partition coefficient (Wildman–Crippen LogP) is 2.46. The molecule has 0 aromatic carbocycles. The highest BCUT2D eigenvalue weighted by Crippen LogP contribution is 2.42. The molecule has 0 atom stereocenters. The normalized spacial score (nSPS) is 18.5. The molecule has 0 bridgehead atoms. The molecule has 1 heterocycles. The van der Waals surface area contributed by atoms with Crippen molar-refractivity contribution in [2.45, 2.75) is 30.6 Å². The van der Waals surface area contributed by atoms with Crippen LogP contribution < -0.4 is 5.32 Å². The number of aromatic nitrogens is 1. The third kappa shape index (κ3) is 2.73. The molecule has 0 spiro atoms. The van der Waals surface area contributed by atoms with E-state index in [1.165, 1.54) is 24.8 Å². The molecule has 2 nitrogen and oxygen atoms in total. The molecule has 3 heteroatoms. The average Bonchev–Trinajstić information content (AvgIpc) is 2.24. The third-order valence-electron chi connectivity index (χ3n) is 3.22. The lowest BCUT2D eigenvalue weighted by molar-refractivity contribution is 0.345. The van der Waals surface area contributed by atoms with E-state index < -0.39 is 0 Å². The molecule has 1 aliphatic rings. The summed E-state index contributed by atoms with van der Waals surface area (Å²) in [6.45, 7) is 2.10. The van der Waals surface area contributed by atoms with Gasteiger partial charge < -0.3 is 5.32 Å². The van der Waals surface area contributed by atoms with Crippen molar-refractivity contribution in [1.82, 2.24) is 10.3 Å². The maximum Gasteiger partial charge on any atom is 0.0281 e. The van der Waals surface area contributed by atoms with Gasteiger partial charge >= 0.3 is 0 Å². The summed E-state index contributed by atoms with van der Waals surface area (Å²) in [6, 6.07) is 4.14. The number of nitrogens with zero attached hydrogens (tertiary/aromatic N) is 1. The van der Waals surface area contributed by atoms with Gasteiger partial charge in [-0.25, -0.2) is 0 Å². The van der Waals surface area contributed by atoms with E-state index in [9.17, 15) is 0 Å². The maximum atomic E-state index is 4.01. The fourth-order valence-electron chi connectivity index (χ4n) is 1.96. The Labute approximate surface area is 95.9 Å². The summed E-state index contributed by atoms with van der Waals surface area (Å²) in [5, 5.41) is 3.55. The van der Waals surface area contributed by atoms with Crippen molar-refractivity contribution in [2.75, 3.05) is 12.8 Å². The highest BCUT2D eigenvalue weighted by Gasteiger charge is 2.35. The number of pyridine rings is 1. The van der Waals surface area contributed by atoms with Crippen molar-refractivity contribution in [1.29, 1.82) is 0 Å². The van der Waals surface area contributed by atoms with Crippen LogP contribution in [0, 0.1) is 0 Å². The molecule has 0 amide bonds. The molecule has 82 valence electrons. The van der Waals surface area contributed by atoms with Crippen molar-refractivity contribution in [3.05, 3.63) is 30.1 Å². The SMILES string of the molecule is CSC1(CNCc2ccncc2)CCC1. The highest BCUT2D eigenvalue weighted by molar-refractivity contribution is 8.00. The Hall–Kier alpha value is -0.540. The van der Waals surface area contributed by atoms with Crippen molar-refractivity contribution in [3.8, 4) is 0 Å². The minimum Gasteiger partial charge on any atom is -0.311 e. The zero-order valence-electron chi connectivity index (χ0n) is 9.20. The van der Waals surface area contributed by atoms with Gasteiger partial charge in [-0.2, -0.15) is 11.8 Å². The lowest BCUT2D eigenvalue weighted by Crippen LogP contribution is -2.43. The third-order valence-corrected chi connectivity index (χ3v) is 4.64. The van der Waals surface area contributed by atoms with Gasteiger partial charge in [0.25, 0.3) is 0 Å². The molecule has 0 saturated heterocycles. The van der Waals surface area contributed by atoms with Crippen LogP contribution in [0.2, 0.25) is 0 Å². The summed E-state index contributed by atoms with van der Waals surface area (Å²) in [5.41, 5.74) is 1.32. The van der Waals surface area contributed by atoms with E-state index in [1.807, 2.05) is 24.2 Å². The smallest absolute Gasteiger partial charge is 0.0281 e. The number of nitrogens with one attached hydrogen (secondary N) is 1. The van der Waals surface area contributed by atoms with Gasteiger partial charge in [-0.05, 0) is 36.8 Å². The number of rotatable bonds is 5. The first-order valence-electron chi connectivity index (χ1n) is 5.49. The van der Waals surface area contributed by atoms with Gasteiger partial charge in [0.1, 0.15) is 0 Å². The Morgan fingerprint density at radius 2 is 2.13 bits per heavy atom. The van der Waals surface area contributed by atoms with Crippen LogP contribution in [0.1, 0.15) is 24.8 Å². The molecule has 1 N–H and O–H groups in total. The molecule has 1 aromatic heterocycles. The van der Waals surface area contributed by atoms with Crippen LogP contribution in [0.3, 0.4) is 0 Å². The Morgan fingerprint density at radius 1 is 1.40 bits per heavy atom. The second-order valence-corrected chi connectivity index (χ2v) is 5.47. The van der Waals surface area contributed by atoms with Crippen molar-refractivity contribution < 1.29 is 0 Å². The largest absolute Gasteiger partial charge is 0.311 e. The van der Waals surface area contributed by atoms with E-state index in [0.717, 1.165) is 13.1 Å². The zero-order valence-corrected chi connectivity index (χ0v) is 10.0. The van der Waals surface area contributed by atoms with E-state index in [0.29, 0.717) is 4.75 Å². The molecule has 2 rings (SSSR count). The quantitative estimate of drug-likeness (QED) is 0.828. The van der Waals surface area contributed by atoms with E-state index >= 15 is 0 Å². The molecule has 1 aromatic rings. The molecule has 0 aliphatic heterocycles. The Morgan fingerprint density at radius 3 is 2.67 bits per heavy atom. The van der Waals surface area contributed by atoms with Gasteiger partial charge in [-0.1, -0.05) is 6.42 Å². The Bertz CT molecular complexity index is 290. The molecule has 1 fully saturated rings. The second kappa shape index (κ2) is 4.99. The van der Waals surface area contributed by atoms with Gasteiger partial charge in [0.05, 0.1) is 0 Å². The predicted molar refractivity (Wildman–Crippen MR) is 66.0 cm³/mol. The lowest BCUT2D eigenvalue weighted by atomic mass is 9.84. The fraction of sp³-hybridized carbons (Fsp3) is 0.583. The summed E-state index contributed by atoms with van der Waals surface area (Å²) < 4.78 is 0.535. The molecule has 1 saturated carbocycles. The lowest BCUT2D eigenvalue weighted by Gasteiger charge is -2.40. The fourth-order valence-corrected chi connectivity index (χ4v) is 2.90. The first kappa shape index (κ1) is 11.0. The summed E-state index contributed by atoms with van der Waals surface area (Å²) in [7, 11) is 0. The summed E-state index contributed by atoms with van der Waals surface area (Å²) in [6.07, 6.45) is 10.1. The van der Waals surface area contributed by atoms with Crippen LogP contribution in [-0.2, 0) is 6.54 Å². The second-order valence-electron chi connectivity index (χ2n) is 4.20. The van der Waals surface area contributed by atoms with Crippen LogP contribution in [0.4, 0.5) is 0 Å². The summed E-state index contributed by atoms with van der Waals surface area (Å²) >= 11 is 2.02. The Kier molecular flexibility index (Phi) is 3.65. The monoisotopic (exact) mass is 222 g/mol. The minimum absolute atomic E-state index is 0.535. The zero-order chi connectivity index (χ0) is 10.6. The topological polar surface area (TPSA) is 24.9 Å². The van der Waals surface area contributed by atoms with Crippen molar-refractivity contribution in [2.24, 2.45) is 0 Å². The van der Waals surface area contributed by atoms with Crippen molar-refractivity contribution >= 4 is 11.8 Å². The van der Waals surface area contributed by atoms with Gasteiger partial charge in [0.2, 0.25) is 0 Å². The molecule has 15 heavy (non-hydrogen) atoms. The van der Waals surface area contributed by atoms with Gasteiger partial charge in [0.15, 0.2) is 0 Å². The van der Waals surface area contributed by atoms with E-state index in [1.54, 1.807) is 0 Å². The van der Waals surface area contributed by atoms with Gasteiger partial charge in [-0.15, -0.1) is 0 Å². The van der Waals surface area contributed by atoms with Crippen molar-refractivity contribution in [3.63, 3.8) is 0 Å². The van der Waals surface area contributed by atoms with Crippen LogP contribution in [0.5, 0.6) is 0 Å². The maximum absolute atomic E-state index is 4.01. The van der Waals surface area contributed by atoms with Crippen LogP contribution in [0.15, 0.2) is 24.5 Å². The molecule has 1 aliphatic carbocycles. The van der Waals surface area contributed by atoms with E-state index in [2.05, 4.69) is 28.7 Å². The molecule has 0 radical (unpaired) electrons. The average molecular weight is 222 g/mol. The molecular formula is C12H18N2S. The van der Waals surface area contributed by atoms with E-state index in [4.69, 9.17) is 0 Å². The summed E-state index contributed by atoms with van der Waals surface area (Å²) in [4.78, 5) is 4.01. The number of hydrogen-bond donors (Lipinski definition) is 1. The van der Waals surface area contributed by atoms with Gasteiger partial charge in [-0.3, -0.25) is 4.98 Å². The van der Waals surface area contributed by atoms with Crippen LogP contribution in [-0.4, -0.2) is 22.5 Å². The highest BCUT2D eigenvalue weighted by atomic mass is 32.2. The van der Waals surface area contributed by atoms with Crippen LogP contribution >= 0.6 is 11.8 Å². The Balaban J connectivity index is 1.75. The molecule has 0 unspecified atom stereocenters. The first-order chi connectivity index (χ1) is 7.35. The number of hydrogen-bond acceptors (Lipinski definition) is 3. The van der Waals surface area contributed by atoms with E-state index in [-0.39, 0.29) is 0 Å². The molecular weight excluding hydrogens is 204 g/mol. The number of thioether (sulfide) groups is 1. The standard InChI is InChI=1S/C12H18N2S/c1-15-12(5-2-6-12)10-14-9-11-3-7-13-8-4-11/h3-4,7-8,14H,2,5-6,9-10H2,1H3. The minimum atomic E-state index is 0.535.